The first-order chi connectivity index (χ1) is 7.28. The van der Waals surface area contributed by atoms with Crippen LogP contribution in [0.15, 0.2) is 0 Å². The van der Waals surface area contributed by atoms with E-state index in [1.807, 2.05) is 0 Å². The van der Waals surface area contributed by atoms with Crippen LogP contribution in [0.4, 0.5) is 0 Å². The topological polar surface area (TPSA) is 21.3 Å². The summed E-state index contributed by atoms with van der Waals surface area (Å²) in [6.07, 6.45) is 7.63. The zero-order valence-corrected chi connectivity index (χ0v) is 10.2. The fourth-order valence-corrected chi connectivity index (χ4v) is 2.60. The van der Waals surface area contributed by atoms with Crippen molar-refractivity contribution in [2.45, 2.75) is 64.0 Å². The highest BCUT2D eigenvalue weighted by molar-refractivity contribution is 4.89. The summed E-state index contributed by atoms with van der Waals surface area (Å²) in [6, 6.07) is 0.708. The van der Waals surface area contributed by atoms with Gasteiger partial charge in [0.2, 0.25) is 0 Å². The Balaban J connectivity index is 1.79. The van der Waals surface area contributed by atoms with Crippen LogP contribution in [0, 0.1) is 5.92 Å². The molecule has 0 spiro atoms. The average Bonchev–Trinajstić information content (AvgIpc) is 3.10. The maximum absolute atomic E-state index is 5.98. The molecular weight excluding hydrogens is 186 g/mol. The summed E-state index contributed by atoms with van der Waals surface area (Å²) in [5, 5.41) is 3.73. The Labute approximate surface area is 93.8 Å². The molecule has 1 heterocycles. The quantitative estimate of drug-likeness (QED) is 0.755. The maximum Gasteiger partial charge on any atom is 0.0692 e. The number of hydrogen-bond acceptors (Lipinski definition) is 2. The monoisotopic (exact) mass is 211 g/mol. The fourth-order valence-electron chi connectivity index (χ4n) is 2.60. The largest absolute Gasteiger partial charge is 0.375 e. The Morgan fingerprint density at radius 2 is 1.93 bits per heavy atom. The van der Waals surface area contributed by atoms with Crippen LogP contribution < -0.4 is 5.32 Å². The second-order valence-corrected chi connectivity index (χ2v) is 5.28. The lowest BCUT2D eigenvalue weighted by molar-refractivity contribution is -0.0930. The first-order valence-electron chi connectivity index (χ1n) is 6.65. The summed E-state index contributed by atoms with van der Waals surface area (Å²) in [5.41, 5.74) is 0.180. The lowest BCUT2D eigenvalue weighted by Crippen LogP contribution is -2.46. The highest BCUT2D eigenvalue weighted by Crippen LogP contribution is 2.32. The third-order valence-electron chi connectivity index (χ3n) is 4.17. The van der Waals surface area contributed by atoms with E-state index >= 15 is 0 Å². The standard InChI is InChI=1S/C13H25NO/c1-3-13(4-2)9-12(7-8-15-13)14-10-11-5-6-11/h11-12,14H,3-10H2,1-2H3. The molecule has 1 atom stereocenters. The van der Waals surface area contributed by atoms with E-state index in [1.165, 1.54) is 32.2 Å². The van der Waals surface area contributed by atoms with E-state index in [9.17, 15) is 0 Å². The zero-order valence-electron chi connectivity index (χ0n) is 10.2. The number of ether oxygens (including phenoxy) is 1. The van der Waals surface area contributed by atoms with Gasteiger partial charge in [-0.3, -0.25) is 0 Å². The predicted octanol–water partition coefficient (Wildman–Crippen LogP) is 2.72. The number of hydrogen-bond donors (Lipinski definition) is 1. The molecule has 0 aromatic rings. The van der Waals surface area contributed by atoms with Gasteiger partial charge in [0, 0.05) is 12.6 Å². The van der Waals surface area contributed by atoms with Crippen molar-refractivity contribution < 1.29 is 4.74 Å². The molecule has 2 rings (SSSR count). The van der Waals surface area contributed by atoms with Crippen molar-refractivity contribution in [3.8, 4) is 0 Å². The minimum atomic E-state index is 0.180. The maximum atomic E-state index is 5.98. The number of nitrogens with one attached hydrogen (secondary N) is 1. The summed E-state index contributed by atoms with van der Waals surface area (Å²) in [7, 11) is 0. The number of rotatable bonds is 5. The van der Waals surface area contributed by atoms with Crippen molar-refractivity contribution in [2.24, 2.45) is 5.92 Å². The van der Waals surface area contributed by atoms with Crippen molar-refractivity contribution in [1.82, 2.24) is 5.32 Å². The van der Waals surface area contributed by atoms with Gasteiger partial charge in [-0.15, -0.1) is 0 Å². The molecule has 1 aliphatic carbocycles. The Kier molecular flexibility index (Phi) is 3.68. The summed E-state index contributed by atoms with van der Waals surface area (Å²) in [5.74, 6) is 0.991. The van der Waals surface area contributed by atoms with E-state index in [0.29, 0.717) is 6.04 Å². The van der Waals surface area contributed by atoms with Gasteiger partial charge in [0.15, 0.2) is 0 Å². The molecule has 1 saturated carbocycles. The Bertz CT molecular complexity index is 197. The molecule has 2 nitrogen and oxygen atoms in total. The van der Waals surface area contributed by atoms with Gasteiger partial charge in [-0.05, 0) is 51.0 Å². The van der Waals surface area contributed by atoms with Gasteiger partial charge >= 0.3 is 0 Å². The van der Waals surface area contributed by atoms with E-state index in [0.717, 1.165) is 25.4 Å². The predicted molar refractivity (Wildman–Crippen MR) is 63.0 cm³/mol. The van der Waals surface area contributed by atoms with Crippen LogP contribution >= 0.6 is 0 Å². The van der Waals surface area contributed by atoms with Crippen molar-refractivity contribution in [3.05, 3.63) is 0 Å². The molecule has 2 aliphatic rings. The van der Waals surface area contributed by atoms with Crippen LogP contribution in [-0.2, 0) is 4.74 Å². The van der Waals surface area contributed by atoms with Gasteiger partial charge in [-0.25, -0.2) is 0 Å². The first kappa shape index (κ1) is 11.4. The SMILES string of the molecule is CCC1(CC)CC(NCC2CC2)CCO1. The van der Waals surface area contributed by atoms with Gasteiger partial charge in [0.05, 0.1) is 5.60 Å². The van der Waals surface area contributed by atoms with Crippen LogP contribution in [0.2, 0.25) is 0 Å². The van der Waals surface area contributed by atoms with Gasteiger partial charge in [0.1, 0.15) is 0 Å². The molecule has 0 aromatic heterocycles. The highest BCUT2D eigenvalue weighted by atomic mass is 16.5. The van der Waals surface area contributed by atoms with Crippen molar-refractivity contribution in [1.29, 1.82) is 0 Å². The van der Waals surface area contributed by atoms with E-state index in [1.54, 1.807) is 0 Å². The van der Waals surface area contributed by atoms with Crippen LogP contribution in [0.3, 0.4) is 0 Å². The molecule has 1 N–H and O–H groups in total. The molecule has 0 amide bonds. The van der Waals surface area contributed by atoms with Crippen LogP contribution in [0.1, 0.15) is 52.4 Å². The summed E-state index contributed by atoms with van der Waals surface area (Å²) < 4.78 is 5.98. The Morgan fingerprint density at radius 3 is 2.53 bits per heavy atom. The molecule has 1 saturated heterocycles. The highest BCUT2D eigenvalue weighted by Gasteiger charge is 2.34. The molecule has 0 bridgehead atoms. The lowest BCUT2D eigenvalue weighted by Gasteiger charge is -2.40. The van der Waals surface area contributed by atoms with Crippen molar-refractivity contribution >= 4 is 0 Å². The summed E-state index contributed by atoms with van der Waals surface area (Å²) in [6.45, 7) is 6.71. The fraction of sp³-hybridized carbons (Fsp3) is 1.00. The molecule has 0 aromatic carbocycles. The van der Waals surface area contributed by atoms with Gasteiger partial charge in [-0.2, -0.15) is 0 Å². The molecule has 88 valence electrons. The normalized spacial score (nSPS) is 30.4. The Hall–Kier alpha value is -0.0800. The van der Waals surface area contributed by atoms with Crippen molar-refractivity contribution in [2.75, 3.05) is 13.2 Å². The van der Waals surface area contributed by atoms with E-state index in [4.69, 9.17) is 4.74 Å². The van der Waals surface area contributed by atoms with Crippen LogP contribution in [0.5, 0.6) is 0 Å². The van der Waals surface area contributed by atoms with E-state index < -0.39 is 0 Å². The van der Waals surface area contributed by atoms with Gasteiger partial charge in [-0.1, -0.05) is 13.8 Å². The van der Waals surface area contributed by atoms with Gasteiger partial charge in [0.25, 0.3) is 0 Å². The first-order valence-corrected chi connectivity index (χ1v) is 6.65. The van der Waals surface area contributed by atoms with Crippen LogP contribution in [0.25, 0.3) is 0 Å². The second-order valence-electron chi connectivity index (χ2n) is 5.28. The van der Waals surface area contributed by atoms with E-state index in [-0.39, 0.29) is 5.60 Å². The zero-order chi connectivity index (χ0) is 10.7. The summed E-state index contributed by atoms with van der Waals surface area (Å²) in [4.78, 5) is 0. The average molecular weight is 211 g/mol. The van der Waals surface area contributed by atoms with Crippen LogP contribution in [-0.4, -0.2) is 24.8 Å². The smallest absolute Gasteiger partial charge is 0.0692 e. The molecule has 2 heteroatoms. The third kappa shape index (κ3) is 2.94. The van der Waals surface area contributed by atoms with Gasteiger partial charge < -0.3 is 10.1 Å². The third-order valence-corrected chi connectivity index (χ3v) is 4.17. The Morgan fingerprint density at radius 1 is 1.20 bits per heavy atom. The summed E-state index contributed by atoms with van der Waals surface area (Å²) >= 11 is 0. The van der Waals surface area contributed by atoms with Crippen molar-refractivity contribution in [3.63, 3.8) is 0 Å². The second kappa shape index (κ2) is 4.84. The molecule has 1 aliphatic heterocycles. The molecule has 2 fully saturated rings. The minimum absolute atomic E-state index is 0.180. The molecule has 15 heavy (non-hydrogen) atoms. The molecular formula is C13H25NO. The minimum Gasteiger partial charge on any atom is -0.375 e. The molecule has 0 radical (unpaired) electrons. The van der Waals surface area contributed by atoms with E-state index in [2.05, 4.69) is 19.2 Å². The molecule has 1 unspecified atom stereocenters. The lowest BCUT2D eigenvalue weighted by atomic mass is 9.86.